The van der Waals surface area contributed by atoms with E-state index in [1.165, 1.54) is 0 Å². The van der Waals surface area contributed by atoms with Crippen LogP contribution in [0.2, 0.25) is 0 Å². The topological polar surface area (TPSA) is 85.3 Å². The number of sulfonamides is 1. The van der Waals surface area contributed by atoms with E-state index in [-0.39, 0.29) is 18.0 Å². The molecular formula is C15H20N2O3S. The number of nitrogens with two attached hydrogens (primary N) is 1. The van der Waals surface area contributed by atoms with Gasteiger partial charge in [-0.3, -0.25) is 0 Å². The third-order valence-corrected chi connectivity index (χ3v) is 5.11. The fraction of sp³-hybridized carbons (Fsp3) is 0.333. The van der Waals surface area contributed by atoms with Gasteiger partial charge in [0.1, 0.15) is 16.4 Å². The summed E-state index contributed by atoms with van der Waals surface area (Å²) < 4.78 is 33.0. The second-order valence-corrected chi connectivity index (χ2v) is 6.68. The van der Waals surface area contributed by atoms with Gasteiger partial charge >= 0.3 is 0 Å². The molecule has 0 aliphatic rings. The number of nitrogens with one attached hydrogen (secondary N) is 1. The Kier molecular flexibility index (Phi) is 4.51. The van der Waals surface area contributed by atoms with Crippen molar-refractivity contribution in [3.8, 4) is 0 Å². The van der Waals surface area contributed by atoms with E-state index >= 15 is 0 Å². The molecule has 0 saturated heterocycles. The zero-order valence-electron chi connectivity index (χ0n) is 12.4. The van der Waals surface area contributed by atoms with Crippen LogP contribution in [-0.2, 0) is 23.1 Å². The van der Waals surface area contributed by atoms with Gasteiger partial charge in [-0.25, -0.2) is 13.1 Å². The molecule has 0 aliphatic carbocycles. The Morgan fingerprint density at radius 2 is 1.81 bits per heavy atom. The molecule has 114 valence electrons. The number of furan rings is 1. The number of benzene rings is 1. The van der Waals surface area contributed by atoms with Crippen LogP contribution in [0.1, 0.15) is 28.2 Å². The van der Waals surface area contributed by atoms with E-state index in [1.54, 1.807) is 13.8 Å². The largest absolute Gasteiger partial charge is 0.465 e. The average molecular weight is 308 g/mol. The number of rotatable bonds is 5. The third-order valence-electron chi connectivity index (χ3n) is 3.51. The highest BCUT2D eigenvalue weighted by Gasteiger charge is 2.25. The van der Waals surface area contributed by atoms with Crippen LogP contribution in [0.3, 0.4) is 0 Å². The first kappa shape index (κ1) is 15.8. The van der Waals surface area contributed by atoms with E-state index in [4.69, 9.17) is 10.2 Å². The van der Waals surface area contributed by atoms with Crippen LogP contribution in [0, 0.1) is 20.8 Å². The number of aryl methyl sites for hydroxylation is 3. The van der Waals surface area contributed by atoms with E-state index in [1.807, 2.05) is 31.2 Å². The molecule has 1 aromatic carbocycles. The van der Waals surface area contributed by atoms with Gasteiger partial charge in [0.25, 0.3) is 0 Å². The van der Waals surface area contributed by atoms with Crippen molar-refractivity contribution in [3.05, 3.63) is 52.5 Å². The van der Waals surface area contributed by atoms with Crippen molar-refractivity contribution < 1.29 is 12.8 Å². The van der Waals surface area contributed by atoms with Gasteiger partial charge in [-0.15, -0.1) is 0 Å². The Bertz CT molecular complexity index is 748. The van der Waals surface area contributed by atoms with Crippen molar-refractivity contribution >= 4 is 10.0 Å². The minimum Gasteiger partial charge on any atom is -0.465 e. The minimum atomic E-state index is -3.65. The fourth-order valence-corrected chi connectivity index (χ4v) is 3.81. The fourth-order valence-electron chi connectivity index (χ4n) is 2.35. The minimum absolute atomic E-state index is 0.129. The van der Waals surface area contributed by atoms with Gasteiger partial charge < -0.3 is 10.2 Å². The molecule has 5 nitrogen and oxygen atoms in total. The summed E-state index contributed by atoms with van der Waals surface area (Å²) in [5.74, 6) is 0.913. The molecule has 0 aliphatic heterocycles. The lowest BCUT2D eigenvalue weighted by Crippen LogP contribution is -2.25. The molecule has 0 saturated carbocycles. The van der Waals surface area contributed by atoms with Gasteiger partial charge in [0.05, 0.1) is 0 Å². The highest BCUT2D eigenvalue weighted by molar-refractivity contribution is 7.89. The van der Waals surface area contributed by atoms with Crippen molar-refractivity contribution in [2.75, 3.05) is 0 Å². The van der Waals surface area contributed by atoms with Gasteiger partial charge in [-0.05, 0) is 31.9 Å². The quantitative estimate of drug-likeness (QED) is 0.886. The molecule has 0 amide bonds. The predicted octanol–water partition coefficient (Wildman–Crippen LogP) is 2.14. The van der Waals surface area contributed by atoms with Gasteiger partial charge in [0.15, 0.2) is 0 Å². The van der Waals surface area contributed by atoms with Crippen molar-refractivity contribution in [3.63, 3.8) is 0 Å². The molecule has 6 heteroatoms. The maximum atomic E-state index is 12.5. The van der Waals surface area contributed by atoms with Gasteiger partial charge in [-0.2, -0.15) is 0 Å². The maximum absolute atomic E-state index is 12.5. The lowest BCUT2D eigenvalue weighted by atomic mass is 10.1. The van der Waals surface area contributed by atoms with Crippen LogP contribution in [0.4, 0.5) is 0 Å². The highest BCUT2D eigenvalue weighted by atomic mass is 32.2. The van der Waals surface area contributed by atoms with Crippen molar-refractivity contribution in [2.45, 2.75) is 38.8 Å². The lowest BCUT2D eigenvalue weighted by Gasteiger charge is -2.09. The summed E-state index contributed by atoms with van der Waals surface area (Å²) >= 11 is 0. The molecule has 3 N–H and O–H groups in total. The summed E-state index contributed by atoms with van der Waals surface area (Å²) in [6.07, 6.45) is 0. The van der Waals surface area contributed by atoms with Crippen molar-refractivity contribution in [2.24, 2.45) is 5.73 Å². The standard InChI is InChI=1S/C15H20N2O3S/c1-10-6-4-5-7-13(10)9-17-21(18,19)15-12(3)20-11(2)14(15)8-16/h4-7,17H,8-9,16H2,1-3H3. The summed E-state index contributed by atoms with van der Waals surface area (Å²) in [5, 5.41) is 0. The molecule has 0 fully saturated rings. The van der Waals surface area contributed by atoms with Gasteiger partial charge in [0.2, 0.25) is 10.0 Å². The summed E-state index contributed by atoms with van der Waals surface area (Å²) in [4.78, 5) is 0.163. The molecule has 0 radical (unpaired) electrons. The SMILES string of the molecule is Cc1ccccc1CNS(=O)(=O)c1c(C)oc(C)c1CN. The summed E-state index contributed by atoms with van der Waals surface area (Å²) in [5.41, 5.74) is 8.15. The second-order valence-electron chi connectivity index (χ2n) is 4.98. The normalized spacial score (nSPS) is 11.8. The molecule has 2 rings (SSSR count). The molecule has 21 heavy (non-hydrogen) atoms. The Morgan fingerprint density at radius 3 is 2.43 bits per heavy atom. The Hall–Kier alpha value is -1.63. The molecule has 0 unspecified atom stereocenters. The maximum Gasteiger partial charge on any atom is 0.244 e. The molecular weight excluding hydrogens is 288 g/mol. The molecule has 0 bridgehead atoms. The zero-order chi connectivity index (χ0) is 15.6. The first-order chi connectivity index (χ1) is 9.86. The summed E-state index contributed by atoms with van der Waals surface area (Å²) in [6.45, 7) is 5.67. The Morgan fingerprint density at radius 1 is 1.14 bits per heavy atom. The van der Waals surface area contributed by atoms with Crippen LogP contribution in [0.15, 0.2) is 33.6 Å². The lowest BCUT2D eigenvalue weighted by molar-refractivity contribution is 0.494. The third kappa shape index (κ3) is 3.18. The first-order valence-electron chi connectivity index (χ1n) is 6.70. The van der Waals surface area contributed by atoms with Crippen molar-refractivity contribution in [1.82, 2.24) is 4.72 Å². The monoisotopic (exact) mass is 308 g/mol. The van der Waals surface area contributed by atoms with Crippen LogP contribution >= 0.6 is 0 Å². The van der Waals surface area contributed by atoms with Crippen LogP contribution in [0.5, 0.6) is 0 Å². The summed E-state index contributed by atoms with van der Waals surface area (Å²) in [7, 11) is -3.65. The molecule has 2 aromatic rings. The number of hydrogen-bond acceptors (Lipinski definition) is 4. The number of hydrogen-bond donors (Lipinski definition) is 2. The molecule has 1 heterocycles. The summed E-state index contributed by atoms with van der Waals surface area (Å²) in [6, 6.07) is 7.65. The van der Waals surface area contributed by atoms with Gasteiger partial charge in [0, 0.05) is 18.7 Å². The van der Waals surface area contributed by atoms with Gasteiger partial charge in [-0.1, -0.05) is 24.3 Å². The van der Waals surface area contributed by atoms with Crippen LogP contribution in [0.25, 0.3) is 0 Å². The van der Waals surface area contributed by atoms with Crippen LogP contribution in [-0.4, -0.2) is 8.42 Å². The second kappa shape index (κ2) is 6.01. The zero-order valence-corrected chi connectivity index (χ0v) is 13.3. The van der Waals surface area contributed by atoms with E-state index < -0.39 is 10.0 Å². The molecule has 0 spiro atoms. The van der Waals surface area contributed by atoms with E-state index in [2.05, 4.69) is 4.72 Å². The smallest absolute Gasteiger partial charge is 0.244 e. The van der Waals surface area contributed by atoms with E-state index in [9.17, 15) is 8.42 Å². The Labute approximate surface area is 125 Å². The van der Waals surface area contributed by atoms with Crippen molar-refractivity contribution in [1.29, 1.82) is 0 Å². The van der Waals surface area contributed by atoms with Crippen LogP contribution < -0.4 is 10.5 Å². The molecule has 1 aromatic heterocycles. The van der Waals surface area contributed by atoms with E-state index in [0.717, 1.165) is 11.1 Å². The van der Waals surface area contributed by atoms with E-state index in [0.29, 0.717) is 17.1 Å². The highest BCUT2D eigenvalue weighted by Crippen LogP contribution is 2.26. The average Bonchev–Trinajstić information content (AvgIpc) is 2.72. The molecule has 0 atom stereocenters. The predicted molar refractivity (Wildman–Crippen MR) is 81.3 cm³/mol. The first-order valence-corrected chi connectivity index (χ1v) is 8.18. The Balaban J connectivity index is 2.30.